The summed E-state index contributed by atoms with van der Waals surface area (Å²) in [6.45, 7) is 2.00. The molecular weight excluding hydrogens is 275 g/mol. The third-order valence-electron chi connectivity index (χ3n) is 2.51. The van der Waals surface area contributed by atoms with E-state index in [1.54, 1.807) is 0 Å². The lowest BCUT2D eigenvalue weighted by molar-refractivity contribution is -0.0296. The minimum Gasteiger partial charge on any atom is -0.478 e. The number of alkyl halides is 3. The van der Waals surface area contributed by atoms with Crippen LogP contribution in [0.2, 0.25) is 0 Å². The molecule has 0 amide bonds. The first-order valence-electron chi connectivity index (χ1n) is 5.74. The Kier molecular flexibility index (Phi) is 5.12. The van der Waals surface area contributed by atoms with Crippen molar-refractivity contribution < 1.29 is 27.8 Å². The smallest absolute Gasteiger partial charge is 0.337 e. The molecule has 1 atom stereocenters. The Hall–Kier alpha value is -2.05. The highest BCUT2D eigenvalue weighted by Gasteiger charge is 2.39. The lowest BCUT2D eigenvalue weighted by Crippen LogP contribution is -2.37. The highest BCUT2D eigenvalue weighted by atomic mass is 19.3. The van der Waals surface area contributed by atoms with Crippen molar-refractivity contribution in [2.24, 2.45) is 0 Å². The molecule has 0 saturated carbocycles. The molecule has 0 fully saturated rings. The van der Waals surface area contributed by atoms with Gasteiger partial charge >= 0.3 is 5.97 Å². The summed E-state index contributed by atoms with van der Waals surface area (Å²) < 4.78 is 44.1. The van der Waals surface area contributed by atoms with Gasteiger partial charge in [-0.3, -0.25) is 0 Å². The zero-order valence-electron chi connectivity index (χ0n) is 10.9. The number of hydrogen-bond donors (Lipinski definition) is 1. The van der Waals surface area contributed by atoms with Crippen LogP contribution in [0.25, 0.3) is 0 Å². The van der Waals surface area contributed by atoms with Gasteiger partial charge in [-0.05, 0) is 26.0 Å². The number of halogens is 3. The number of allylic oxidation sites excluding steroid dienone is 1. The summed E-state index contributed by atoms with van der Waals surface area (Å²) in [6.07, 6.45) is -0.331. The first-order chi connectivity index (χ1) is 9.30. The number of aromatic carboxylic acids is 1. The number of aromatic nitrogens is 1. The zero-order valence-corrected chi connectivity index (χ0v) is 10.9. The van der Waals surface area contributed by atoms with Gasteiger partial charge in [0.1, 0.15) is 6.61 Å². The van der Waals surface area contributed by atoms with Crippen molar-refractivity contribution in [3.05, 3.63) is 35.5 Å². The Morgan fingerprint density at radius 3 is 2.70 bits per heavy atom. The van der Waals surface area contributed by atoms with Crippen molar-refractivity contribution in [2.75, 3.05) is 6.61 Å². The highest BCUT2D eigenvalue weighted by Crippen LogP contribution is 2.25. The second-order valence-electron chi connectivity index (χ2n) is 4.17. The van der Waals surface area contributed by atoms with Crippen LogP contribution in [0.15, 0.2) is 24.4 Å². The van der Waals surface area contributed by atoms with Crippen molar-refractivity contribution >= 4 is 5.97 Å². The number of carboxylic acid groups (broad SMARTS) is 1. The number of aryl methyl sites for hydroxylation is 1. The fourth-order valence-corrected chi connectivity index (χ4v) is 1.47. The average Bonchev–Trinajstić information content (AvgIpc) is 2.37. The monoisotopic (exact) mass is 289 g/mol. The molecule has 1 N–H and O–H groups in total. The summed E-state index contributed by atoms with van der Waals surface area (Å²) in [6, 6.07) is 1.27. The topological polar surface area (TPSA) is 59.4 Å². The lowest BCUT2D eigenvalue weighted by atomic mass is 10.1. The van der Waals surface area contributed by atoms with E-state index in [0.717, 1.165) is 12.3 Å². The minimum absolute atomic E-state index is 0.0660. The van der Waals surface area contributed by atoms with Gasteiger partial charge < -0.3 is 9.84 Å². The fraction of sp³-hybridized carbons (Fsp3) is 0.385. The van der Waals surface area contributed by atoms with Gasteiger partial charge in [-0.2, -0.15) is 0 Å². The van der Waals surface area contributed by atoms with Crippen LogP contribution in [0, 0.1) is 6.92 Å². The molecule has 1 aromatic rings. The van der Waals surface area contributed by atoms with Crippen LogP contribution >= 0.6 is 0 Å². The van der Waals surface area contributed by atoms with E-state index in [-0.39, 0.29) is 11.4 Å². The molecule has 0 radical (unpaired) electrons. The fourth-order valence-electron chi connectivity index (χ4n) is 1.47. The van der Waals surface area contributed by atoms with Crippen molar-refractivity contribution in [1.29, 1.82) is 0 Å². The molecule has 0 aromatic carbocycles. The van der Waals surface area contributed by atoms with E-state index in [0.29, 0.717) is 5.56 Å². The van der Waals surface area contributed by atoms with E-state index in [2.05, 4.69) is 4.98 Å². The molecule has 0 spiro atoms. The number of rotatable bonds is 6. The van der Waals surface area contributed by atoms with E-state index in [1.807, 2.05) is 0 Å². The molecular formula is C13H14F3NO3. The molecule has 0 aliphatic rings. The van der Waals surface area contributed by atoms with Crippen LogP contribution in [0.4, 0.5) is 13.2 Å². The predicted octanol–water partition coefficient (Wildman–Crippen LogP) is 3.02. The highest BCUT2D eigenvalue weighted by molar-refractivity contribution is 5.87. The van der Waals surface area contributed by atoms with Crippen LogP contribution in [0.3, 0.4) is 0 Å². The van der Waals surface area contributed by atoms with E-state index in [1.165, 1.54) is 26.0 Å². The number of ether oxygens (including phenoxy) is 1. The Bertz CT molecular complexity index is 520. The van der Waals surface area contributed by atoms with E-state index < -0.39 is 24.7 Å². The van der Waals surface area contributed by atoms with Gasteiger partial charge in [0.15, 0.2) is 0 Å². The summed E-state index contributed by atoms with van der Waals surface area (Å²) in [5.41, 5.74) is -2.65. The van der Waals surface area contributed by atoms with Crippen LogP contribution in [-0.4, -0.2) is 34.8 Å². The van der Waals surface area contributed by atoms with Gasteiger partial charge in [0.25, 0.3) is 6.43 Å². The van der Waals surface area contributed by atoms with Crippen LogP contribution < -0.4 is 4.74 Å². The standard InChI is InChI=1S/C13H14F3NO3/c1-3-4-13(16,12(14)15)7-20-10-8(2)5-9(6-17-10)11(18)19/h3-6,12H,7H2,1-2H3,(H,18,19)/b4-3+. The number of carboxylic acids is 1. The van der Waals surface area contributed by atoms with Crippen molar-refractivity contribution in [1.82, 2.24) is 4.98 Å². The van der Waals surface area contributed by atoms with Crippen molar-refractivity contribution in [3.63, 3.8) is 0 Å². The molecule has 1 heterocycles. The van der Waals surface area contributed by atoms with Gasteiger partial charge in [-0.25, -0.2) is 22.9 Å². The molecule has 7 heteroatoms. The maximum Gasteiger partial charge on any atom is 0.337 e. The average molecular weight is 289 g/mol. The first kappa shape index (κ1) is 16.0. The predicted molar refractivity (Wildman–Crippen MR) is 66.1 cm³/mol. The maximum atomic E-state index is 13.9. The zero-order chi connectivity index (χ0) is 15.3. The largest absolute Gasteiger partial charge is 0.478 e. The summed E-state index contributed by atoms with van der Waals surface area (Å²) in [5.74, 6) is -1.25. The van der Waals surface area contributed by atoms with E-state index in [9.17, 15) is 18.0 Å². The molecule has 1 rings (SSSR count). The van der Waals surface area contributed by atoms with Crippen molar-refractivity contribution in [3.8, 4) is 5.88 Å². The van der Waals surface area contributed by atoms with Gasteiger partial charge in [0, 0.05) is 11.8 Å². The number of pyridine rings is 1. The molecule has 0 saturated heterocycles. The molecule has 1 unspecified atom stereocenters. The van der Waals surface area contributed by atoms with Gasteiger partial charge in [-0.1, -0.05) is 6.08 Å². The van der Waals surface area contributed by atoms with Crippen molar-refractivity contribution in [2.45, 2.75) is 25.9 Å². The molecule has 0 aliphatic heterocycles. The Morgan fingerprint density at radius 1 is 1.60 bits per heavy atom. The lowest BCUT2D eigenvalue weighted by Gasteiger charge is -2.21. The second kappa shape index (κ2) is 6.40. The van der Waals surface area contributed by atoms with Crippen LogP contribution in [0.1, 0.15) is 22.8 Å². The summed E-state index contributed by atoms with van der Waals surface area (Å²) in [4.78, 5) is 14.4. The summed E-state index contributed by atoms with van der Waals surface area (Å²) >= 11 is 0. The number of nitrogens with zero attached hydrogens (tertiary/aromatic N) is 1. The van der Waals surface area contributed by atoms with Crippen LogP contribution in [-0.2, 0) is 0 Å². The SMILES string of the molecule is C/C=C/C(F)(COc1ncc(C(=O)O)cc1C)C(F)F. The third-order valence-corrected chi connectivity index (χ3v) is 2.51. The first-order valence-corrected chi connectivity index (χ1v) is 5.74. The molecule has 20 heavy (non-hydrogen) atoms. The van der Waals surface area contributed by atoms with E-state index >= 15 is 0 Å². The summed E-state index contributed by atoms with van der Waals surface area (Å²) in [7, 11) is 0. The third kappa shape index (κ3) is 3.72. The molecule has 4 nitrogen and oxygen atoms in total. The molecule has 0 aliphatic carbocycles. The Labute approximate surface area is 113 Å². The molecule has 0 bridgehead atoms. The Morgan fingerprint density at radius 2 is 2.25 bits per heavy atom. The number of hydrogen-bond acceptors (Lipinski definition) is 3. The summed E-state index contributed by atoms with van der Waals surface area (Å²) in [5, 5.41) is 8.75. The quantitative estimate of drug-likeness (QED) is 0.818. The van der Waals surface area contributed by atoms with Crippen LogP contribution in [0.5, 0.6) is 5.88 Å². The normalized spacial score (nSPS) is 14.5. The minimum atomic E-state index is -3.24. The Balaban J connectivity index is 2.86. The molecule has 110 valence electrons. The van der Waals surface area contributed by atoms with E-state index in [4.69, 9.17) is 9.84 Å². The van der Waals surface area contributed by atoms with Gasteiger partial charge in [0.2, 0.25) is 11.5 Å². The second-order valence-corrected chi connectivity index (χ2v) is 4.17. The van der Waals surface area contributed by atoms with Gasteiger partial charge in [-0.15, -0.1) is 0 Å². The number of carbonyl (C=O) groups is 1. The maximum absolute atomic E-state index is 13.9. The molecule has 1 aromatic heterocycles. The van der Waals surface area contributed by atoms with Gasteiger partial charge in [0.05, 0.1) is 5.56 Å².